The number of hydrogen-bond donors (Lipinski definition) is 0. The quantitative estimate of drug-likeness (QED) is 0.222. The third-order valence-corrected chi connectivity index (χ3v) is 5.94. The zero-order valence-corrected chi connectivity index (χ0v) is 21.2. The summed E-state index contributed by atoms with van der Waals surface area (Å²) in [6.45, 7) is 2.09. The van der Waals surface area contributed by atoms with Gasteiger partial charge in [-0.05, 0) is 30.8 Å². The first kappa shape index (κ1) is 23.8. The number of allylic oxidation sites excluding steroid dienone is 5. The summed E-state index contributed by atoms with van der Waals surface area (Å²) < 4.78 is 0. The maximum Gasteiger partial charge on any atom is 0.0163 e. The molecule has 2 nitrogen and oxygen atoms in total. The van der Waals surface area contributed by atoms with Crippen molar-refractivity contribution >= 4 is 6.08 Å². The van der Waals surface area contributed by atoms with E-state index in [4.69, 9.17) is 0 Å². The van der Waals surface area contributed by atoms with Crippen LogP contribution in [0.1, 0.15) is 22.6 Å². The first-order valence-corrected chi connectivity index (χ1v) is 11.2. The minimum absolute atomic E-state index is 0. The number of hydrogen-bond acceptors (Lipinski definition) is 2. The number of fused-ring (bicyclic) bond motifs is 3. The molecular weight excluding hydrogens is 593 g/mol. The molecule has 2 aromatic carbocycles. The van der Waals surface area contributed by atoms with Crippen LogP contribution in [0.3, 0.4) is 0 Å². The van der Waals surface area contributed by atoms with Crippen LogP contribution < -0.4 is 0 Å². The smallest absolute Gasteiger partial charge is 0.0163 e. The van der Waals surface area contributed by atoms with Crippen LogP contribution in [-0.4, -0.2) is 9.97 Å². The SMILES string of the molecule is Cc1ccnc(-c2[c-]cc3c(c2)C2C=CC=CC2C=C3)c1.[Ir].[c-]1ncccc1-c1ccccc1. The van der Waals surface area contributed by atoms with Crippen molar-refractivity contribution in [2.75, 3.05) is 0 Å². The monoisotopic (exact) mass is 617 g/mol. The topological polar surface area (TPSA) is 25.8 Å². The number of nitrogens with zero attached hydrogens (tertiary/aromatic N) is 2. The van der Waals surface area contributed by atoms with Crippen LogP contribution >= 0.6 is 0 Å². The van der Waals surface area contributed by atoms with Gasteiger partial charge in [0.25, 0.3) is 0 Å². The summed E-state index contributed by atoms with van der Waals surface area (Å²) in [4.78, 5) is 8.42. The molecule has 0 fully saturated rings. The molecule has 34 heavy (non-hydrogen) atoms. The second-order valence-corrected chi connectivity index (χ2v) is 8.24. The van der Waals surface area contributed by atoms with Gasteiger partial charge in [0.05, 0.1) is 0 Å². The second-order valence-electron chi connectivity index (χ2n) is 8.24. The zero-order valence-electron chi connectivity index (χ0n) is 18.9. The van der Waals surface area contributed by atoms with Gasteiger partial charge in [-0.2, -0.15) is 0 Å². The molecular formula is C31H24IrN2-2. The Kier molecular flexibility index (Phi) is 7.79. The summed E-state index contributed by atoms with van der Waals surface area (Å²) in [6, 6.07) is 25.9. The molecule has 0 spiro atoms. The van der Waals surface area contributed by atoms with E-state index in [9.17, 15) is 0 Å². The van der Waals surface area contributed by atoms with E-state index in [2.05, 4.69) is 83.8 Å². The van der Waals surface area contributed by atoms with E-state index in [1.54, 1.807) is 6.20 Å². The molecule has 0 N–H and O–H groups in total. The molecule has 1 radical (unpaired) electrons. The van der Waals surface area contributed by atoms with Crippen molar-refractivity contribution in [1.29, 1.82) is 0 Å². The van der Waals surface area contributed by atoms with E-state index in [0.29, 0.717) is 11.8 Å². The van der Waals surface area contributed by atoms with Gasteiger partial charge in [-0.25, -0.2) is 0 Å². The van der Waals surface area contributed by atoms with Gasteiger partial charge in [0, 0.05) is 32.2 Å². The Hall–Kier alpha value is -3.39. The average Bonchev–Trinajstić information content (AvgIpc) is 2.90. The molecule has 2 unspecified atom stereocenters. The fourth-order valence-electron chi connectivity index (χ4n) is 4.22. The standard InChI is InChI=1S/C20H16N.C11H8N.Ir/c1-14-10-11-21-20(12-14)17-9-8-16-7-6-15-4-2-3-5-18(15)19(16)13-17;1-2-5-10(6-3-1)11-7-4-8-12-9-11;/h2-8,10-13,15,18H,1H3;1-8H;/q2*-1;. The Morgan fingerprint density at radius 3 is 2.47 bits per heavy atom. The molecule has 6 rings (SSSR count). The molecule has 0 saturated heterocycles. The predicted octanol–water partition coefficient (Wildman–Crippen LogP) is 7.26. The predicted molar refractivity (Wildman–Crippen MR) is 135 cm³/mol. The van der Waals surface area contributed by atoms with Crippen molar-refractivity contribution in [3.05, 3.63) is 138 Å². The summed E-state index contributed by atoms with van der Waals surface area (Å²) in [7, 11) is 0. The van der Waals surface area contributed by atoms with Crippen LogP contribution in [0.2, 0.25) is 0 Å². The average molecular weight is 617 g/mol. The van der Waals surface area contributed by atoms with Gasteiger partial charge >= 0.3 is 0 Å². The summed E-state index contributed by atoms with van der Waals surface area (Å²) >= 11 is 0. The van der Waals surface area contributed by atoms with Crippen molar-refractivity contribution in [1.82, 2.24) is 9.97 Å². The molecule has 0 amide bonds. The Labute approximate surface area is 215 Å². The summed E-state index contributed by atoms with van der Waals surface area (Å²) in [5.41, 5.74) is 8.15. The number of aromatic nitrogens is 2. The van der Waals surface area contributed by atoms with Gasteiger partial charge in [-0.3, -0.25) is 0 Å². The summed E-state index contributed by atoms with van der Waals surface area (Å²) in [6.07, 6.45) is 19.9. The number of pyridine rings is 2. The Bertz CT molecular complexity index is 1290. The molecule has 0 saturated carbocycles. The van der Waals surface area contributed by atoms with E-state index < -0.39 is 0 Å². The molecule has 2 atom stereocenters. The maximum atomic E-state index is 4.48. The van der Waals surface area contributed by atoms with Crippen molar-refractivity contribution in [2.45, 2.75) is 12.8 Å². The third kappa shape index (κ3) is 5.39. The zero-order chi connectivity index (χ0) is 22.5. The van der Waals surface area contributed by atoms with Crippen LogP contribution in [0.25, 0.3) is 28.5 Å². The van der Waals surface area contributed by atoms with Crippen molar-refractivity contribution in [3.63, 3.8) is 0 Å². The molecule has 0 bridgehead atoms. The molecule has 2 aromatic heterocycles. The first-order chi connectivity index (χ1) is 16.3. The van der Waals surface area contributed by atoms with Crippen molar-refractivity contribution in [2.24, 2.45) is 5.92 Å². The van der Waals surface area contributed by atoms with Crippen molar-refractivity contribution in [3.8, 4) is 22.4 Å². The molecule has 3 heteroatoms. The van der Waals surface area contributed by atoms with E-state index in [-0.39, 0.29) is 20.1 Å². The van der Waals surface area contributed by atoms with Gasteiger partial charge in [-0.15, -0.1) is 58.7 Å². The Balaban J connectivity index is 0.000000180. The fourth-order valence-corrected chi connectivity index (χ4v) is 4.22. The first-order valence-electron chi connectivity index (χ1n) is 11.2. The van der Waals surface area contributed by atoms with E-state index in [0.717, 1.165) is 22.4 Å². The molecule has 4 aromatic rings. The van der Waals surface area contributed by atoms with Crippen LogP contribution in [0.5, 0.6) is 0 Å². The number of aryl methyl sites for hydroxylation is 1. The molecule has 2 aliphatic rings. The maximum absolute atomic E-state index is 4.48. The van der Waals surface area contributed by atoms with Gasteiger partial charge in [0.1, 0.15) is 0 Å². The molecule has 169 valence electrons. The minimum atomic E-state index is 0. The van der Waals surface area contributed by atoms with E-state index >= 15 is 0 Å². The van der Waals surface area contributed by atoms with Gasteiger partial charge in [0.15, 0.2) is 0 Å². The second kappa shape index (κ2) is 11.2. The minimum Gasteiger partial charge on any atom is -0.360 e. The van der Waals surface area contributed by atoms with E-state index in [1.807, 2.05) is 54.7 Å². The van der Waals surface area contributed by atoms with Gasteiger partial charge in [0.2, 0.25) is 0 Å². The molecule has 2 heterocycles. The number of rotatable bonds is 2. The van der Waals surface area contributed by atoms with Gasteiger partial charge in [-0.1, -0.05) is 84.1 Å². The van der Waals surface area contributed by atoms with Crippen LogP contribution in [0.15, 0.2) is 110 Å². The third-order valence-electron chi connectivity index (χ3n) is 5.94. The summed E-state index contributed by atoms with van der Waals surface area (Å²) in [5, 5.41) is 0. The fraction of sp³-hybridized carbons (Fsp3) is 0.0968. The number of benzene rings is 2. The van der Waals surface area contributed by atoms with Crippen LogP contribution in [-0.2, 0) is 20.1 Å². The van der Waals surface area contributed by atoms with Crippen LogP contribution in [0, 0.1) is 25.1 Å². The van der Waals surface area contributed by atoms with Crippen LogP contribution in [0.4, 0.5) is 0 Å². The Morgan fingerprint density at radius 2 is 1.68 bits per heavy atom. The van der Waals surface area contributed by atoms with Gasteiger partial charge < -0.3 is 9.97 Å². The largest absolute Gasteiger partial charge is 0.360 e. The Morgan fingerprint density at radius 1 is 0.824 bits per heavy atom. The van der Waals surface area contributed by atoms with E-state index in [1.165, 1.54) is 16.7 Å². The van der Waals surface area contributed by atoms with Crippen molar-refractivity contribution < 1.29 is 20.1 Å². The molecule has 2 aliphatic carbocycles. The molecule has 0 aliphatic heterocycles. The normalized spacial score (nSPS) is 17.0. The summed E-state index contributed by atoms with van der Waals surface area (Å²) in [5.74, 6) is 0.913.